The number of benzene rings is 1. The molecule has 162 valence electrons. The van der Waals surface area contributed by atoms with Crippen molar-refractivity contribution >= 4 is 5.91 Å². The predicted molar refractivity (Wildman–Crippen MR) is 112 cm³/mol. The van der Waals surface area contributed by atoms with Crippen molar-refractivity contribution in [2.24, 2.45) is 0 Å². The summed E-state index contributed by atoms with van der Waals surface area (Å²) in [5.74, 6) is 0.850. The number of rotatable bonds is 5. The van der Waals surface area contributed by atoms with Gasteiger partial charge < -0.3 is 9.32 Å². The first-order valence-electron chi connectivity index (χ1n) is 10.4. The van der Waals surface area contributed by atoms with Gasteiger partial charge in [-0.1, -0.05) is 12.1 Å². The maximum Gasteiger partial charge on any atom is 0.348 e. The monoisotopic (exact) mass is 424 g/mol. The SMILES string of the molecule is Cc1cc(C)n(CC(=O)N2CCCC(c3ncc(Cc4cccc(F)c4)o3)C2)c(=O)n1. The highest BCUT2D eigenvalue weighted by Gasteiger charge is 2.28. The first kappa shape index (κ1) is 21.0. The zero-order chi connectivity index (χ0) is 22.0. The van der Waals surface area contributed by atoms with Gasteiger partial charge in [0.05, 0.1) is 12.1 Å². The Morgan fingerprint density at radius 3 is 2.90 bits per heavy atom. The third-order valence-corrected chi connectivity index (χ3v) is 5.60. The fourth-order valence-corrected chi connectivity index (χ4v) is 4.05. The zero-order valence-corrected chi connectivity index (χ0v) is 17.7. The average molecular weight is 424 g/mol. The minimum absolute atomic E-state index is 0.00655. The van der Waals surface area contributed by atoms with Crippen LogP contribution in [-0.4, -0.2) is 38.4 Å². The number of piperidine rings is 1. The van der Waals surface area contributed by atoms with Crippen LogP contribution in [0.15, 0.2) is 45.7 Å². The summed E-state index contributed by atoms with van der Waals surface area (Å²) >= 11 is 0. The van der Waals surface area contributed by atoms with Crippen LogP contribution in [0.3, 0.4) is 0 Å². The van der Waals surface area contributed by atoms with Crippen molar-refractivity contribution in [1.82, 2.24) is 19.4 Å². The molecule has 4 rings (SSSR count). The number of nitrogens with zero attached hydrogens (tertiary/aromatic N) is 4. The number of oxazole rings is 1. The largest absolute Gasteiger partial charge is 0.445 e. The molecule has 1 amide bonds. The third-order valence-electron chi connectivity index (χ3n) is 5.60. The summed E-state index contributed by atoms with van der Waals surface area (Å²) in [6, 6.07) is 8.19. The Hall–Kier alpha value is -3.29. The van der Waals surface area contributed by atoms with E-state index in [1.54, 1.807) is 37.1 Å². The van der Waals surface area contributed by atoms with Gasteiger partial charge in [-0.15, -0.1) is 0 Å². The molecule has 0 saturated carbocycles. The second-order valence-electron chi connectivity index (χ2n) is 8.06. The van der Waals surface area contributed by atoms with Gasteiger partial charge in [0.15, 0.2) is 5.89 Å². The molecular formula is C23H25FN4O3. The number of hydrogen-bond donors (Lipinski definition) is 0. The minimum Gasteiger partial charge on any atom is -0.445 e. The number of likely N-dealkylation sites (tertiary alicyclic amines) is 1. The standard InChI is InChI=1S/C23H25FN4O3/c1-15-9-16(2)28(23(30)26-15)14-21(29)27-8-4-6-18(13-27)22-25-12-20(31-22)11-17-5-3-7-19(24)10-17/h3,5,7,9-10,12,18H,4,6,8,11,13-14H2,1-2H3. The number of aryl methyl sites for hydroxylation is 2. The lowest BCUT2D eigenvalue weighted by Gasteiger charge is -2.31. The van der Waals surface area contributed by atoms with Crippen molar-refractivity contribution in [3.05, 3.63) is 81.4 Å². The van der Waals surface area contributed by atoms with Crippen LogP contribution in [-0.2, 0) is 17.8 Å². The number of carbonyl (C=O) groups is 1. The third kappa shape index (κ3) is 4.90. The summed E-state index contributed by atoms with van der Waals surface area (Å²) in [6.45, 7) is 4.66. The van der Waals surface area contributed by atoms with Crippen LogP contribution >= 0.6 is 0 Å². The Kier molecular flexibility index (Phi) is 5.97. The van der Waals surface area contributed by atoms with Gasteiger partial charge in [-0.2, -0.15) is 4.98 Å². The van der Waals surface area contributed by atoms with Gasteiger partial charge in [-0.05, 0) is 50.5 Å². The van der Waals surface area contributed by atoms with Crippen LogP contribution in [0, 0.1) is 19.7 Å². The van der Waals surface area contributed by atoms with Crippen molar-refractivity contribution in [1.29, 1.82) is 0 Å². The molecule has 31 heavy (non-hydrogen) atoms. The Balaban J connectivity index is 1.42. The van der Waals surface area contributed by atoms with E-state index in [4.69, 9.17) is 4.42 Å². The van der Waals surface area contributed by atoms with E-state index in [0.29, 0.717) is 42.5 Å². The second-order valence-corrected chi connectivity index (χ2v) is 8.06. The molecule has 0 aliphatic carbocycles. The molecule has 1 aliphatic heterocycles. The van der Waals surface area contributed by atoms with Crippen molar-refractivity contribution in [3.8, 4) is 0 Å². The molecule has 2 aromatic heterocycles. The highest BCUT2D eigenvalue weighted by Crippen LogP contribution is 2.27. The molecule has 1 saturated heterocycles. The lowest BCUT2D eigenvalue weighted by atomic mass is 9.98. The second kappa shape index (κ2) is 8.83. The fraction of sp³-hybridized carbons (Fsp3) is 0.391. The van der Waals surface area contributed by atoms with Crippen LogP contribution in [0.4, 0.5) is 4.39 Å². The van der Waals surface area contributed by atoms with Crippen LogP contribution < -0.4 is 5.69 Å². The van der Waals surface area contributed by atoms with E-state index < -0.39 is 5.69 Å². The van der Waals surface area contributed by atoms with Gasteiger partial charge >= 0.3 is 5.69 Å². The summed E-state index contributed by atoms with van der Waals surface area (Å²) < 4.78 is 20.7. The fourth-order valence-electron chi connectivity index (χ4n) is 4.05. The van der Waals surface area contributed by atoms with E-state index in [-0.39, 0.29) is 24.2 Å². The van der Waals surface area contributed by atoms with Crippen molar-refractivity contribution < 1.29 is 13.6 Å². The maximum absolute atomic E-state index is 13.4. The first-order chi connectivity index (χ1) is 14.9. The van der Waals surface area contributed by atoms with E-state index in [0.717, 1.165) is 18.4 Å². The normalized spacial score (nSPS) is 16.5. The molecule has 1 aromatic carbocycles. The van der Waals surface area contributed by atoms with E-state index in [2.05, 4.69) is 9.97 Å². The number of carbonyl (C=O) groups excluding carboxylic acids is 1. The van der Waals surface area contributed by atoms with E-state index >= 15 is 0 Å². The van der Waals surface area contributed by atoms with Gasteiger partial charge in [0.1, 0.15) is 18.1 Å². The molecule has 0 spiro atoms. The number of halogens is 1. The molecule has 0 radical (unpaired) electrons. The average Bonchev–Trinajstić information content (AvgIpc) is 3.19. The molecular weight excluding hydrogens is 399 g/mol. The molecule has 1 aliphatic rings. The molecule has 0 N–H and O–H groups in total. The number of hydrogen-bond acceptors (Lipinski definition) is 5. The molecule has 0 bridgehead atoms. The summed E-state index contributed by atoms with van der Waals surface area (Å²) in [5, 5.41) is 0. The van der Waals surface area contributed by atoms with Gasteiger partial charge in [0.25, 0.3) is 0 Å². The molecule has 3 heterocycles. The topological polar surface area (TPSA) is 81.2 Å². The summed E-state index contributed by atoms with van der Waals surface area (Å²) in [6.07, 6.45) is 3.83. The van der Waals surface area contributed by atoms with E-state index in [1.807, 2.05) is 6.07 Å². The predicted octanol–water partition coefficient (Wildman–Crippen LogP) is 2.98. The number of aromatic nitrogens is 3. The van der Waals surface area contributed by atoms with Crippen LogP contribution in [0.2, 0.25) is 0 Å². The Morgan fingerprint density at radius 2 is 2.13 bits per heavy atom. The maximum atomic E-state index is 13.4. The lowest BCUT2D eigenvalue weighted by Crippen LogP contribution is -2.42. The summed E-state index contributed by atoms with van der Waals surface area (Å²) in [7, 11) is 0. The van der Waals surface area contributed by atoms with Gasteiger partial charge in [-0.3, -0.25) is 9.36 Å². The van der Waals surface area contributed by atoms with E-state index in [9.17, 15) is 14.0 Å². The van der Waals surface area contributed by atoms with Crippen LogP contribution in [0.1, 0.15) is 47.4 Å². The van der Waals surface area contributed by atoms with Gasteiger partial charge in [0, 0.05) is 30.9 Å². The van der Waals surface area contributed by atoms with Gasteiger partial charge in [-0.25, -0.2) is 14.2 Å². The lowest BCUT2D eigenvalue weighted by molar-refractivity contribution is -0.133. The number of amides is 1. The highest BCUT2D eigenvalue weighted by atomic mass is 19.1. The minimum atomic E-state index is -0.408. The Morgan fingerprint density at radius 1 is 1.29 bits per heavy atom. The molecule has 1 fully saturated rings. The summed E-state index contributed by atoms with van der Waals surface area (Å²) in [4.78, 5) is 35.1. The van der Waals surface area contributed by atoms with Crippen molar-refractivity contribution in [2.75, 3.05) is 13.1 Å². The molecule has 7 nitrogen and oxygen atoms in total. The Labute approximate surface area is 179 Å². The van der Waals surface area contributed by atoms with Crippen LogP contribution in [0.5, 0.6) is 0 Å². The molecule has 1 atom stereocenters. The highest BCUT2D eigenvalue weighted by molar-refractivity contribution is 5.76. The first-order valence-corrected chi connectivity index (χ1v) is 10.4. The zero-order valence-electron chi connectivity index (χ0n) is 17.7. The summed E-state index contributed by atoms with van der Waals surface area (Å²) in [5.41, 5.74) is 1.76. The molecule has 1 unspecified atom stereocenters. The smallest absolute Gasteiger partial charge is 0.348 e. The quantitative estimate of drug-likeness (QED) is 0.629. The Bertz CT molecular complexity index is 1150. The molecule has 3 aromatic rings. The van der Waals surface area contributed by atoms with E-state index in [1.165, 1.54) is 16.7 Å². The van der Waals surface area contributed by atoms with Crippen molar-refractivity contribution in [3.63, 3.8) is 0 Å². The van der Waals surface area contributed by atoms with Crippen LogP contribution in [0.25, 0.3) is 0 Å². The van der Waals surface area contributed by atoms with Crippen molar-refractivity contribution in [2.45, 2.75) is 45.6 Å². The molecule has 8 heteroatoms. The van der Waals surface area contributed by atoms with Gasteiger partial charge in [0.2, 0.25) is 5.91 Å².